The molecule has 6 heteroatoms. The first kappa shape index (κ1) is 18.1. The van der Waals surface area contributed by atoms with Crippen molar-refractivity contribution < 1.29 is 4.79 Å². The third-order valence-corrected chi connectivity index (χ3v) is 4.77. The number of benzene rings is 2. The third-order valence-electron chi connectivity index (χ3n) is 4.77. The van der Waals surface area contributed by atoms with Crippen molar-refractivity contribution in [2.24, 2.45) is 5.73 Å². The molecule has 6 nitrogen and oxygen atoms in total. The van der Waals surface area contributed by atoms with Gasteiger partial charge in [-0.15, -0.1) is 0 Å². The number of nitrogens with one attached hydrogen (secondary N) is 1. The van der Waals surface area contributed by atoms with Gasteiger partial charge in [-0.3, -0.25) is 9.69 Å². The van der Waals surface area contributed by atoms with Crippen LogP contribution in [0.1, 0.15) is 16.8 Å². The van der Waals surface area contributed by atoms with E-state index in [0.717, 1.165) is 45.7 Å². The van der Waals surface area contributed by atoms with E-state index in [1.165, 1.54) is 5.69 Å². The zero-order valence-electron chi connectivity index (χ0n) is 15.0. The quantitative estimate of drug-likeness (QED) is 0.523. The van der Waals surface area contributed by atoms with Crippen molar-refractivity contribution in [2.45, 2.75) is 6.42 Å². The Morgan fingerprint density at radius 2 is 1.77 bits per heavy atom. The van der Waals surface area contributed by atoms with Crippen molar-refractivity contribution in [3.63, 3.8) is 0 Å². The maximum absolute atomic E-state index is 11.5. The maximum Gasteiger partial charge on any atom is 0.250 e. The lowest BCUT2D eigenvalue weighted by Crippen LogP contribution is -2.46. The van der Waals surface area contributed by atoms with Crippen molar-refractivity contribution in [1.82, 2.24) is 4.90 Å². The normalized spacial score (nSPS) is 15.0. The summed E-state index contributed by atoms with van der Waals surface area (Å²) in [6.45, 7) is 6.06. The highest BCUT2D eigenvalue weighted by Gasteiger charge is 2.16. The van der Waals surface area contributed by atoms with E-state index in [1.807, 2.05) is 0 Å². The summed E-state index contributed by atoms with van der Waals surface area (Å²) in [5.41, 5.74) is 14.3. The Kier molecular flexibility index (Phi) is 5.96. The van der Waals surface area contributed by atoms with Crippen LogP contribution < -0.4 is 21.7 Å². The first-order valence-corrected chi connectivity index (χ1v) is 9.09. The van der Waals surface area contributed by atoms with Gasteiger partial charge in [-0.05, 0) is 43.3 Å². The van der Waals surface area contributed by atoms with Gasteiger partial charge in [-0.2, -0.15) is 0 Å². The molecule has 0 aromatic heterocycles. The molecule has 0 spiro atoms. The van der Waals surface area contributed by atoms with Crippen LogP contribution >= 0.6 is 0 Å². The molecule has 1 amide bonds. The van der Waals surface area contributed by atoms with Gasteiger partial charge in [0, 0.05) is 49.8 Å². The number of piperazine rings is 1. The number of rotatable bonds is 7. The molecule has 0 bridgehead atoms. The maximum atomic E-state index is 11.5. The fourth-order valence-electron chi connectivity index (χ4n) is 3.32. The molecule has 1 saturated heterocycles. The van der Waals surface area contributed by atoms with Crippen molar-refractivity contribution in [3.8, 4) is 0 Å². The molecule has 1 aliphatic rings. The highest BCUT2D eigenvalue weighted by molar-refractivity contribution is 5.99. The summed E-state index contributed by atoms with van der Waals surface area (Å²) in [6, 6.07) is 15.7. The number of nitrogens with zero attached hydrogens (tertiary/aromatic N) is 2. The van der Waals surface area contributed by atoms with Crippen LogP contribution in [0.5, 0.6) is 0 Å². The molecule has 0 radical (unpaired) electrons. The molecule has 0 saturated carbocycles. The fraction of sp³-hybridized carbons (Fsp3) is 0.350. The van der Waals surface area contributed by atoms with Gasteiger partial charge in [0.1, 0.15) is 0 Å². The molecule has 0 unspecified atom stereocenters. The van der Waals surface area contributed by atoms with Crippen LogP contribution in [-0.4, -0.2) is 50.1 Å². The Morgan fingerprint density at radius 1 is 1.04 bits per heavy atom. The van der Waals surface area contributed by atoms with Gasteiger partial charge in [0.25, 0.3) is 5.91 Å². The first-order chi connectivity index (χ1) is 12.6. The molecule has 1 aliphatic heterocycles. The minimum Gasteiger partial charge on any atom is -0.399 e. The second-order valence-electron chi connectivity index (χ2n) is 6.61. The van der Waals surface area contributed by atoms with E-state index in [-0.39, 0.29) is 0 Å². The number of para-hydroxylation sites is 1. The molecular weight excluding hydrogens is 326 g/mol. The highest BCUT2D eigenvalue weighted by Crippen LogP contribution is 2.19. The van der Waals surface area contributed by atoms with Crippen molar-refractivity contribution in [3.05, 3.63) is 54.1 Å². The van der Waals surface area contributed by atoms with Crippen LogP contribution in [0.15, 0.2) is 48.5 Å². The van der Waals surface area contributed by atoms with Crippen molar-refractivity contribution in [2.75, 3.05) is 55.2 Å². The lowest BCUT2D eigenvalue weighted by Gasteiger charge is -2.36. The standard InChI is InChI=1S/C20H27N5O/c21-16-7-8-18(20(22)26)19(15-16)23-9-4-10-24-11-13-25(14-12-24)17-5-2-1-3-6-17/h1-3,5-8,15,23H,4,9-14,21H2,(H2,22,26). The van der Waals surface area contributed by atoms with Crippen LogP contribution in [0.2, 0.25) is 0 Å². The van der Waals surface area contributed by atoms with Gasteiger partial charge in [0.2, 0.25) is 0 Å². The zero-order chi connectivity index (χ0) is 18.4. The Morgan fingerprint density at radius 3 is 2.46 bits per heavy atom. The lowest BCUT2D eigenvalue weighted by atomic mass is 10.1. The number of hydrogen-bond acceptors (Lipinski definition) is 5. The first-order valence-electron chi connectivity index (χ1n) is 9.09. The minimum absolute atomic E-state index is 0.440. The molecule has 2 aromatic carbocycles. The number of nitrogen functional groups attached to an aromatic ring is 1. The van der Waals surface area contributed by atoms with E-state index in [1.54, 1.807) is 18.2 Å². The van der Waals surface area contributed by atoms with E-state index < -0.39 is 5.91 Å². The molecule has 3 rings (SSSR count). The monoisotopic (exact) mass is 353 g/mol. The summed E-state index contributed by atoms with van der Waals surface area (Å²) < 4.78 is 0. The molecular formula is C20H27N5O. The summed E-state index contributed by atoms with van der Waals surface area (Å²) in [5.74, 6) is -0.440. The number of carbonyl (C=O) groups is 1. The number of nitrogens with two attached hydrogens (primary N) is 2. The van der Waals surface area contributed by atoms with E-state index in [2.05, 4.69) is 45.4 Å². The van der Waals surface area contributed by atoms with Gasteiger partial charge in [-0.25, -0.2) is 0 Å². The van der Waals surface area contributed by atoms with E-state index in [9.17, 15) is 4.79 Å². The third kappa shape index (κ3) is 4.67. The van der Waals surface area contributed by atoms with Gasteiger partial charge in [0.05, 0.1) is 5.56 Å². The summed E-state index contributed by atoms with van der Waals surface area (Å²) in [5, 5.41) is 3.29. The number of amides is 1. The van der Waals surface area contributed by atoms with Crippen molar-refractivity contribution >= 4 is 23.0 Å². The van der Waals surface area contributed by atoms with Crippen LogP contribution in [0.3, 0.4) is 0 Å². The van der Waals surface area contributed by atoms with Crippen LogP contribution in [0, 0.1) is 0 Å². The largest absolute Gasteiger partial charge is 0.399 e. The molecule has 1 fully saturated rings. The SMILES string of the molecule is NC(=O)c1ccc(N)cc1NCCCN1CCN(c2ccccc2)CC1. The summed E-state index contributed by atoms with van der Waals surface area (Å²) in [4.78, 5) is 16.4. The van der Waals surface area contributed by atoms with Crippen LogP contribution in [-0.2, 0) is 0 Å². The molecule has 0 atom stereocenters. The topological polar surface area (TPSA) is 87.6 Å². The summed E-state index contributed by atoms with van der Waals surface area (Å²) in [7, 11) is 0. The van der Waals surface area contributed by atoms with Gasteiger partial charge >= 0.3 is 0 Å². The van der Waals surface area contributed by atoms with Gasteiger partial charge in [0.15, 0.2) is 0 Å². The van der Waals surface area contributed by atoms with Gasteiger partial charge < -0.3 is 21.7 Å². The summed E-state index contributed by atoms with van der Waals surface area (Å²) in [6.07, 6.45) is 0.998. The van der Waals surface area contributed by atoms with Crippen molar-refractivity contribution in [1.29, 1.82) is 0 Å². The second-order valence-corrected chi connectivity index (χ2v) is 6.61. The van der Waals surface area contributed by atoms with E-state index >= 15 is 0 Å². The smallest absolute Gasteiger partial charge is 0.250 e. The number of anilines is 3. The average molecular weight is 353 g/mol. The fourth-order valence-corrected chi connectivity index (χ4v) is 3.32. The van der Waals surface area contributed by atoms with E-state index in [0.29, 0.717) is 16.9 Å². The summed E-state index contributed by atoms with van der Waals surface area (Å²) >= 11 is 0. The number of primary amides is 1. The molecule has 1 heterocycles. The molecule has 2 aromatic rings. The van der Waals surface area contributed by atoms with E-state index in [4.69, 9.17) is 11.5 Å². The predicted molar refractivity (Wildman–Crippen MR) is 108 cm³/mol. The Balaban J connectivity index is 1.41. The highest BCUT2D eigenvalue weighted by atomic mass is 16.1. The zero-order valence-corrected chi connectivity index (χ0v) is 15.0. The average Bonchev–Trinajstić information content (AvgIpc) is 2.66. The Bertz CT molecular complexity index is 726. The molecule has 138 valence electrons. The Labute approximate surface area is 154 Å². The second kappa shape index (κ2) is 8.58. The molecule has 0 aliphatic carbocycles. The molecule has 5 N–H and O–H groups in total. The van der Waals surface area contributed by atoms with Gasteiger partial charge in [-0.1, -0.05) is 18.2 Å². The number of carbonyl (C=O) groups excluding carboxylic acids is 1. The minimum atomic E-state index is -0.440. The van der Waals surface area contributed by atoms with Crippen LogP contribution in [0.4, 0.5) is 17.1 Å². The van der Waals surface area contributed by atoms with Crippen LogP contribution in [0.25, 0.3) is 0 Å². The lowest BCUT2D eigenvalue weighted by molar-refractivity contribution is 0.100. The molecule has 26 heavy (non-hydrogen) atoms. The predicted octanol–water partition coefficient (Wildman–Crippen LogP) is 1.99. The number of hydrogen-bond donors (Lipinski definition) is 3. The Hall–Kier alpha value is -2.73.